The molecule has 1 aromatic heterocycles. The number of aromatic amines is 1. The highest BCUT2D eigenvalue weighted by Gasteiger charge is 2.32. The molecule has 4 rings (SSSR count). The summed E-state index contributed by atoms with van der Waals surface area (Å²) in [7, 11) is 3.10. The van der Waals surface area contributed by atoms with Crippen LogP contribution in [0.25, 0.3) is 0 Å². The Bertz CT molecular complexity index is 1020. The van der Waals surface area contributed by atoms with Gasteiger partial charge in [0.2, 0.25) is 11.5 Å². The van der Waals surface area contributed by atoms with E-state index in [2.05, 4.69) is 4.98 Å². The molecule has 31 heavy (non-hydrogen) atoms. The largest absolute Gasteiger partial charge is 0.497 e. The average molecular weight is 425 g/mol. The van der Waals surface area contributed by atoms with Gasteiger partial charge in [-0.05, 0) is 42.5 Å². The highest BCUT2D eigenvalue weighted by molar-refractivity contribution is 5.95. The molecule has 8 nitrogen and oxygen atoms in total. The van der Waals surface area contributed by atoms with Crippen LogP contribution < -0.4 is 15.0 Å². The Morgan fingerprint density at radius 2 is 1.61 bits per heavy atom. The minimum Gasteiger partial charge on any atom is -0.497 e. The first kappa shape index (κ1) is 21.0. The summed E-state index contributed by atoms with van der Waals surface area (Å²) in [5.74, 6) is 1.10. The predicted octanol–water partition coefficient (Wildman–Crippen LogP) is 1.83. The van der Waals surface area contributed by atoms with E-state index in [1.54, 1.807) is 49.6 Å². The third-order valence-electron chi connectivity index (χ3n) is 6.16. The summed E-state index contributed by atoms with van der Waals surface area (Å²) >= 11 is 0. The molecule has 0 bridgehead atoms. The zero-order valence-corrected chi connectivity index (χ0v) is 17.8. The summed E-state index contributed by atoms with van der Waals surface area (Å²) in [6.07, 6.45) is 3.68. The van der Waals surface area contributed by atoms with Crippen molar-refractivity contribution in [3.63, 3.8) is 0 Å². The van der Waals surface area contributed by atoms with Gasteiger partial charge >= 0.3 is 0 Å². The number of benzene rings is 1. The number of hydrogen-bond acceptors (Lipinski definition) is 5. The molecule has 1 aromatic carbocycles. The minimum atomic E-state index is -0.107. The number of carbonyl (C=O) groups excluding carboxylic acids is 2. The van der Waals surface area contributed by atoms with Crippen molar-refractivity contribution < 1.29 is 19.1 Å². The second-order valence-corrected chi connectivity index (χ2v) is 8.03. The Morgan fingerprint density at radius 3 is 2.26 bits per heavy atom. The number of carbonyl (C=O) groups is 2. The Labute approximate surface area is 180 Å². The van der Waals surface area contributed by atoms with E-state index in [4.69, 9.17) is 9.47 Å². The number of aromatic nitrogens is 1. The molecule has 0 unspecified atom stereocenters. The molecule has 1 N–H and O–H groups in total. The lowest BCUT2D eigenvalue weighted by Crippen LogP contribution is -2.45. The van der Waals surface area contributed by atoms with Crippen molar-refractivity contribution in [3.8, 4) is 11.5 Å². The number of piperidine rings is 1. The minimum absolute atomic E-state index is 0.0843. The second-order valence-electron chi connectivity index (χ2n) is 8.03. The van der Waals surface area contributed by atoms with Crippen LogP contribution in [0.15, 0.2) is 35.3 Å². The topological polar surface area (TPSA) is 91.9 Å². The molecule has 0 saturated carbocycles. The van der Waals surface area contributed by atoms with E-state index >= 15 is 0 Å². The lowest BCUT2D eigenvalue weighted by atomic mass is 9.93. The number of rotatable bonds is 4. The van der Waals surface area contributed by atoms with E-state index in [9.17, 15) is 14.4 Å². The Kier molecular flexibility index (Phi) is 5.97. The van der Waals surface area contributed by atoms with Crippen LogP contribution in [0.5, 0.6) is 11.5 Å². The second kappa shape index (κ2) is 8.83. The molecule has 2 amide bonds. The number of methoxy groups -OCH3 is 2. The molecule has 2 aliphatic rings. The van der Waals surface area contributed by atoms with Gasteiger partial charge in [0, 0.05) is 56.0 Å². The van der Waals surface area contributed by atoms with Crippen LogP contribution >= 0.6 is 0 Å². The summed E-state index contributed by atoms with van der Waals surface area (Å²) in [6.45, 7) is 2.21. The van der Waals surface area contributed by atoms with Crippen LogP contribution in [0.4, 0.5) is 0 Å². The molecular formula is C23H27N3O5. The highest BCUT2D eigenvalue weighted by Crippen LogP contribution is 2.27. The van der Waals surface area contributed by atoms with Crippen molar-refractivity contribution in [2.24, 2.45) is 5.92 Å². The van der Waals surface area contributed by atoms with Gasteiger partial charge in [-0.3, -0.25) is 14.4 Å². The van der Waals surface area contributed by atoms with E-state index < -0.39 is 0 Å². The standard InChI is InChI=1S/C23H27N3O5/c1-30-19-9-17(10-20(12-19)31-2)23(29)25-6-3-15(4-7-25)22(28)26-8-5-16-11-21(27)24-13-18(16)14-26/h9-13,15H,3-8,14H2,1-2H3,(H,24,27). The summed E-state index contributed by atoms with van der Waals surface area (Å²) in [5.41, 5.74) is 2.42. The molecule has 8 heteroatoms. The number of H-pyrrole nitrogens is 1. The van der Waals surface area contributed by atoms with Crippen molar-refractivity contribution >= 4 is 11.8 Å². The van der Waals surface area contributed by atoms with E-state index in [1.807, 2.05) is 4.90 Å². The van der Waals surface area contributed by atoms with Crippen molar-refractivity contribution in [1.29, 1.82) is 0 Å². The molecule has 1 saturated heterocycles. The predicted molar refractivity (Wildman–Crippen MR) is 114 cm³/mol. The van der Waals surface area contributed by atoms with Crippen LogP contribution in [-0.2, 0) is 17.8 Å². The smallest absolute Gasteiger partial charge is 0.254 e. The Balaban J connectivity index is 1.37. The van der Waals surface area contributed by atoms with E-state index in [0.29, 0.717) is 62.5 Å². The van der Waals surface area contributed by atoms with Crippen LogP contribution in [0.1, 0.15) is 34.3 Å². The maximum Gasteiger partial charge on any atom is 0.254 e. The van der Waals surface area contributed by atoms with Gasteiger partial charge in [0.05, 0.1) is 14.2 Å². The third-order valence-corrected chi connectivity index (χ3v) is 6.16. The van der Waals surface area contributed by atoms with Gasteiger partial charge in [-0.25, -0.2) is 0 Å². The van der Waals surface area contributed by atoms with Crippen molar-refractivity contribution in [1.82, 2.24) is 14.8 Å². The number of pyridine rings is 1. The summed E-state index contributed by atoms with van der Waals surface area (Å²) in [4.78, 5) is 43.9. The number of nitrogens with one attached hydrogen (secondary N) is 1. The van der Waals surface area contributed by atoms with Crippen LogP contribution in [0.2, 0.25) is 0 Å². The lowest BCUT2D eigenvalue weighted by molar-refractivity contribution is -0.137. The average Bonchev–Trinajstić information content (AvgIpc) is 2.82. The van der Waals surface area contributed by atoms with Gasteiger partial charge in [0.15, 0.2) is 0 Å². The SMILES string of the molecule is COc1cc(OC)cc(C(=O)N2CCC(C(=O)N3CCc4cc(=O)[nH]cc4C3)CC2)c1. The van der Waals surface area contributed by atoms with Crippen molar-refractivity contribution in [2.45, 2.75) is 25.8 Å². The molecule has 2 aromatic rings. The fourth-order valence-corrected chi connectivity index (χ4v) is 4.35. The summed E-state index contributed by atoms with van der Waals surface area (Å²) in [5, 5.41) is 0. The van der Waals surface area contributed by atoms with Gasteiger partial charge in [-0.2, -0.15) is 0 Å². The summed E-state index contributed by atoms with van der Waals surface area (Å²) < 4.78 is 10.5. The van der Waals surface area contributed by atoms with Crippen LogP contribution in [0, 0.1) is 5.92 Å². The monoisotopic (exact) mass is 425 g/mol. The molecule has 0 radical (unpaired) electrons. The normalized spacial score (nSPS) is 16.6. The molecule has 0 aliphatic carbocycles. The Hall–Kier alpha value is -3.29. The lowest BCUT2D eigenvalue weighted by Gasteiger charge is -2.36. The fraction of sp³-hybridized carbons (Fsp3) is 0.435. The molecule has 0 spiro atoms. The summed E-state index contributed by atoms with van der Waals surface area (Å²) in [6, 6.07) is 6.76. The number of nitrogens with zero attached hydrogens (tertiary/aromatic N) is 2. The zero-order chi connectivity index (χ0) is 22.0. The van der Waals surface area contributed by atoms with Crippen LogP contribution in [-0.4, -0.2) is 60.5 Å². The molecule has 164 valence electrons. The number of ether oxygens (including phenoxy) is 2. The third kappa shape index (κ3) is 4.42. The number of likely N-dealkylation sites (tertiary alicyclic amines) is 1. The van der Waals surface area contributed by atoms with Gasteiger partial charge in [0.25, 0.3) is 5.91 Å². The number of hydrogen-bond donors (Lipinski definition) is 1. The fourth-order valence-electron chi connectivity index (χ4n) is 4.35. The van der Waals surface area contributed by atoms with E-state index in [0.717, 1.165) is 11.1 Å². The van der Waals surface area contributed by atoms with Gasteiger partial charge in [0.1, 0.15) is 11.5 Å². The molecule has 3 heterocycles. The molecular weight excluding hydrogens is 398 g/mol. The van der Waals surface area contributed by atoms with Crippen molar-refractivity contribution in [3.05, 3.63) is 57.5 Å². The van der Waals surface area contributed by atoms with Gasteiger partial charge in [-0.1, -0.05) is 0 Å². The molecule has 2 aliphatic heterocycles. The molecule has 0 atom stereocenters. The zero-order valence-electron chi connectivity index (χ0n) is 17.8. The van der Waals surface area contributed by atoms with E-state index in [-0.39, 0.29) is 23.3 Å². The first-order chi connectivity index (χ1) is 15.0. The number of fused-ring (bicyclic) bond motifs is 1. The van der Waals surface area contributed by atoms with Crippen molar-refractivity contribution in [2.75, 3.05) is 33.9 Å². The van der Waals surface area contributed by atoms with Crippen LogP contribution in [0.3, 0.4) is 0 Å². The highest BCUT2D eigenvalue weighted by atomic mass is 16.5. The number of amides is 2. The molecule has 1 fully saturated rings. The first-order valence-corrected chi connectivity index (χ1v) is 10.5. The van der Waals surface area contributed by atoms with E-state index in [1.165, 1.54) is 0 Å². The maximum absolute atomic E-state index is 13.1. The maximum atomic E-state index is 13.1. The van der Waals surface area contributed by atoms with Gasteiger partial charge in [-0.15, -0.1) is 0 Å². The Morgan fingerprint density at radius 1 is 0.935 bits per heavy atom. The first-order valence-electron chi connectivity index (χ1n) is 10.5. The van der Waals surface area contributed by atoms with Gasteiger partial charge < -0.3 is 24.3 Å². The quantitative estimate of drug-likeness (QED) is 0.807.